The minimum atomic E-state index is -0.953. The summed E-state index contributed by atoms with van der Waals surface area (Å²) >= 11 is 2.15. The standard InChI is InChI=1S/C26H32N2O5.CH3I/c1-19-5-3-4-6-22(19)33-18-15-28(2)26(13-16-32-17-14-26)24(31)27-25(11-12-25)21-9-7-20(8-10-21)23(29)30;1-2/h3-10H,11-18H2,1-2H3,(H,27,31)(H,29,30);1H3. The van der Waals surface area contributed by atoms with Crippen molar-refractivity contribution in [3.63, 3.8) is 0 Å². The Hall–Kier alpha value is -2.17. The van der Waals surface area contributed by atoms with Crippen LogP contribution in [0.3, 0.4) is 0 Å². The van der Waals surface area contributed by atoms with Gasteiger partial charge in [-0.2, -0.15) is 0 Å². The monoisotopic (exact) mass is 594 g/mol. The van der Waals surface area contributed by atoms with Crippen LogP contribution in [0.2, 0.25) is 0 Å². The van der Waals surface area contributed by atoms with E-state index in [0.717, 1.165) is 29.7 Å². The van der Waals surface area contributed by atoms with Gasteiger partial charge >= 0.3 is 5.97 Å². The maximum atomic E-state index is 13.7. The molecule has 2 aromatic carbocycles. The Kier molecular flexibility index (Phi) is 9.54. The maximum absolute atomic E-state index is 13.7. The van der Waals surface area contributed by atoms with Crippen molar-refractivity contribution in [2.24, 2.45) is 0 Å². The van der Waals surface area contributed by atoms with Gasteiger partial charge in [0.05, 0.1) is 11.1 Å². The zero-order chi connectivity index (χ0) is 25.5. The molecule has 1 aliphatic heterocycles. The molecular formula is C27H35IN2O5. The number of hydrogen-bond acceptors (Lipinski definition) is 5. The van der Waals surface area contributed by atoms with E-state index in [2.05, 4.69) is 32.8 Å². The van der Waals surface area contributed by atoms with E-state index in [9.17, 15) is 9.59 Å². The molecule has 190 valence electrons. The molecule has 1 aliphatic carbocycles. The van der Waals surface area contributed by atoms with Crippen LogP contribution in [-0.2, 0) is 15.1 Å². The quantitative estimate of drug-likeness (QED) is 0.331. The van der Waals surface area contributed by atoms with Gasteiger partial charge in [0.15, 0.2) is 0 Å². The van der Waals surface area contributed by atoms with Gasteiger partial charge in [-0.15, -0.1) is 0 Å². The van der Waals surface area contributed by atoms with Crippen molar-refractivity contribution in [2.75, 3.05) is 38.3 Å². The maximum Gasteiger partial charge on any atom is 0.335 e. The SMILES string of the molecule is CI.Cc1ccccc1OCCN(C)C1(C(=O)NC2(c3ccc(C(=O)O)cc3)CC2)CCOCC1. The van der Waals surface area contributed by atoms with Crippen molar-refractivity contribution >= 4 is 34.5 Å². The van der Waals surface area contributed by atoms with Crippen molar-refractivity contribution in [1.82, 2.24) is 10.2 Å². The summed E-state index contributed by atoms with van der Waals surface area (Å²) in [5.41, 5.74) is 1.20. The van der Waals surface area contributed by atoms with Gasteiger partial charge in [0.2, 0.25) is 5.91 Å². The number of amides is 1. The van der Waals surface area contributed by atoms with E-state index in [1.165, 1.54) is 0 Å². The molecule has 0 spiro atoms. The third-order valence-electron chi connectivity index (χ3n) is 7.04. The van der Waals surface area contributed by atoms with Gasteiger partial charge < -0.3 is 19.9 Å². The summed E-state index contributed by atoms with van der Waals surface area (Å²) in [6, 6.07) is 14.7. The molecule has 0 bridgehead atoms. The van der Waals surface area contributed by atoms with Crippen LogP contribution in [0.25, 0.3) is 0 Å². The summed E-state index contributed by atoms with van der Waals surface area (Å²) in [7, 11) is 1.98. The van der Waals surface area contributed by atoms with Gasteiger partial charge in [0, 0.05) is 19.8 Å². The third kappa shape index (κ3) is 6.34. The molecule has 1 amide bonds. The molecule has 2 aliphatic rings. The summed E-state index contributed by atoms with van der Waals surface area (Å²) in [6.45, 7) is 4.19. The number of hydrogen-bond donors (Lipinski definition) is 2. The molecule has 0 radical (unpaired) electrons. The van der Waals surface area contributed by atoms with Crippen LogP contribution < -0.4 is 10.1 Å². The third-order valence-corrected chi connectivity index (χ3v) is 7.04. The fraction of sp³-hybridized carbons (Fsp3) is 0.481. The number of nitrogens with zero attached hydrogens (tertiary/aromatic N) is 1. The lowest BCUT2D eigenvalue weighted by molar-refractivity contribution is -0.140. The van der Waals surface area contributed by atoms with Crippen LogP contribution in [0.1, 0.15) is 47.2 Å². The minimum Gasteiger partial charge on any atom is -0.492 e. The number of alkyl halides is 1. The molecule has 2 N–H and O–H groups in total. The molecule has 2 aromatic rings. The second-order valence-electron chi connectivity index (χ2n) is 9.10. The number of nitrogens with one attached hydrogen (secondary N) is 1. The normalized spacial score (nSPS) is 17.6. The number of halogens is 1. The van der Waals surface area contributed by atoms with Crippen molar-refractivity contribution in [2.45, 2.75) is 43.7 Å². The Balaban J connectivity index is 0.00000167. The number of para-hydroxylation sites is 1. The molecular weight excluding hydrogens is 559 g/mol. The van der Waals surface area contributed by atoms with Gasteiger partial charge in [0.25, 0.3) is 0 Å². The Labute approximate surface area is 221 Å². The summed E-state index contributed by atoms with van der Waals surface area (Å²) in [5.74, 6) is -0.0896. The topological polar surface area (TPSA) is 88.1 Å². The molecule has 7 nitrogen and oxygen atoms in total. The molecule has 0 atom stereocenters. The fourth-order valence-corrected chi connectivity index (χ4v) is 4.59. The van der Waals surface area contributed by atoms with Gasteiger partial charge in [-0.05, 0) is 73.9 Å². The molecule has 4 rings (SSSR count). The Bertz CT molecular complexity index is 1000. The number of carboxylic acids is 1. The Morgan fingerprint density at radius 1 is 1.06 bits per heavy atom. The minimum absolute atomic E-state index is 0.00371. The van der Waals surface area contributed by atoms with Crippen molar-refractivity contribution < 1.29 is 24.2 Å². The van der Waals surface area contributed by atoms with E-state index in [-0.39, 0.29) is 11.5 Å². The largest absolute Gasteiger partial charge is 0.492 e. The van der Waals surface area contributed by atoms with Gasteiger partial charge in [-0.3, -0.25) is 9.69 Å². The predicted molar refractivity (Wildman–Crippen MR) is 144 cm³/mol. The number of rotatable bonds is 9. The molecule has 2 fully saturated rings. The number of ether oxygens (including phenoxy) is 2. The van der Waals surface area contributed by atoms with E-state index in [0.29, 0.717) is 39.2 Å². The van der Waals surface area contributed by atoms with Crippen molar-refractivity contribution in [3.8, 4) is 5.75 Å². The number of carbonyl (C=O) groups is 2. The summed E-state index contributed by atoms with van der Waals surface area (Å²) < 4.78 is 11.6. The average Bonchev–Trinajstić information content (AvgIpc) is 3.67. The van der Waals surface area contributed by atoms with E-state index in [1.807, 2.05) is 55.3 Å². The average molecular weight is 594 g/mol. The first-order valence-corrected chi connectivity index (χ1v) is 14.0. The van der Waals surface area contributed by atoms with Crippen LogP contribution >= 0.6 is 22.6 Å². The zero-order valence-corrected chi connectivity index (χ0v) is 22.8. The molecule has 0 unspecified atom stereocenters. The highest BCUT2D eigenvalue weighted by Gasteiger charge is 2.51. The lowest BCUT2D eigenvalue weighted by Crippen LogP contribution is -2.62. The van der Waals surface area contributed by atoms with E-state index in [1.54, 1.807) is 12.1 Å². The van der Waals surface area contributed by atoms with Crippen LogP contribution in [0.4, 0.5) is 0 Å². The first-order chi connectivity index (χ1) is 16.9. The fourth-order valence-electron chi connectivity index (χ4n) is 4.59. The lowest BCUT2D eigenvalue weighted by Gasteiger charge is -2.43. The van der Waals surface area contributed by atoms with Crippen molar-refractivity contribution in [3.05, 3.63) is 65.2 Å². The number of likely N-dealkylation sites (N-methyl/N-ethyl adjacent to an activating group) is 1. The van der Waals surface area contributed by atoms with Crippen LogP contribution in [0.5, 0.6) is 5.75 Å². The van der Waals surface area contributed by atoms with E-state index < -0.39 is 17.0 Å². The highest BCUT2D eigenvalue weighted by Crippen LogP contribution is 2.46. The van der Waals surface area contributed by atoms with Crippen LogP contribution in [0, 0.1) is 6.92 Å². The van der Waals surface area contributed by atoms with Crippen LogP contribution in [-0.4, -0.2) is 65.8 Å². The van der Waals surface area contributed by atoms with E-state index in [4.69, 9.17) is 14.6 Å². The molecule has 8 heteroatoms. The smallest absolute Gasteiger partial charge is 0.335 e. The number of aryl methyl sites for hydroxylation is 1. The molecule has 1 heterocycles. The second kappa shape index (κ2) is 12.2. The molecule has 1 saturated carbocycles. The number of carbonyl (C=O) groups excluding carboxylic acids is 1. The summed E-state index contributed by atoms with van der Waals surface area (Å²) in [6.07, 6.45) is 2.93. The van der Waals surface area contributed by atoms with Gasteiger partial charge in [-0.25, -0.2) is 4.79 Å². The summed E-state index contributed by atoms with van der Waals surface area (Å²) in [4.78, 5) is 29.0. The highest BCUT2D eigenvalue weighted by atomic mass is 127. The Morgan fingerprint density at radius 3 is 2.26 bits per heavy atom. The zero-order valence-electron chi connectivity index (χ0n) is 20.7. The van der Waals surface area contributed by atoms with Crippen LogP contribution in [0.15, 0.2) is 48.5 Å². The number of carboxylic acid groups (broad SMARTS) is 1. The van der Waals surface area contributed by atoms with Gasteiger partial charge in [0.1, 0.15) is 17.9 Å². The van der Waals surface area contributed by atoms with E-state index >= 15 is 0 Å². The first-order valence-electron chi connectivity index (χ1n) is 11.9. The molecule has 1 saturated heterocycles. The number of benzene rings is 2. The Morgan fingerprint density at radius 2 is 1.69 bits per heavy atom. The molecule has 35 heavy (non-hydrogen) atoms. The number of aromatic carboxylic acids is 1. The molecule has 0 aromatic heterocycles. The summed E-state index contributed by atoms with van der Waals surface area (Å²) in [5, 5.41) is 12.5. The second-order valence-corrected chi connectivity index (χ2v) is 9.10. The predicted octanol–water partition coefficient (Wildman–Crippen LogP) is 4.41. The lowest BCUT2D eigenvalue weighted by atomic mass is 9.86. The van der Waals surface area contributed by atoms with Gasteiger partial charge in [-0.1, -0.05) is 52.9 Å². The van der Waals surface area contributed by atoms with Crippen molar-refractivity contribution in [1.29, 1.82) is 0 Å². The highest BCUT2D eigenvalue weighted by molar-refractivity contribution is 14.1. The first kappa shape index (κ1) is 27.4.